The number of nitrogens with zero attached hydrogens (tertiary/aromatic N) is 1. The number of hydrogen-bond donors (Lipinski definition) is 1. The summed E-state index contributed by atoms with van der Waals surface area (Å²) in [6.07, 6.45) is 1.60. The molecule has 0 aliphatic rings. The summed E-state index contributed by atoms with van der Waals surface area (Å²) in [5.74, 6) is 0.664. The Morgan fingerprint density at radius 1 is 1.88 bits per heavy atom. The van der Waals surface area contributed by atoms with Crippen molar-refractivity contribution in [2.24, 2.45) is 0 Å². The minimum atomic E-state index is 0.664. The Morgan fingerprint density at radius 2 is 2.62 bits per heavy atom. The number of H-pyrrole nitrogens is 1. The van der Waals surface area contributed by atoms with Crippen molar-refractivity contribution in [1.29, 1.82) is 0 Å². The molecule has 1 aromatic heterocycles. The van der Waals surface area contributed by atoms with E-state index in [0.717, 1.165) is 0 Å². The molecule has 0 unspecified atom stereocenters. The van der Waals surface area contributed by atoms with E-state index in [1.807, 2.05) is 0 Å². The van der Waals surface area contributed by atoms with Crippen molar-refractivity contribution in [2.75, 3.05) is 7.11 Å². The van der Waals surface area contributed by atoms with Crippen molar-refractivity contribution in [1.82, 2.24) is 9.97 Å². The van der Waals surface area contributed by atoms with Crippen LogP contribution < -0.4 is 4.74 Å². The lowest BCUT2D eigenvalue weighted by atomic mass is 10.9. The third-order valence-corrected chi connectivity index (χ3v) is 1.14. The first-order chi connectivity index (χ1) is 3.83. The van der Waals surface area contributed by atoms with Gasteiger partial charge in [0.25, 0.3) is 0 Å². The minimum Gasteiger partial charge on any atom is -0.481 e. The zero-order chi connectivity index (χ0) is 5.98. The molecule has 0 aromatic carbocycles. The standard InChI is InChI=1S/C4H5BrN2O/c1-8-3-2-6-4(5)7-3/h2H,1H3,(H,6,7). The number of rotatable bonds is 1. The van der Waals surface area contributed by atoms with Crippen LogP contribution in [0.15, 0.2) is 10.9 Å². The smallest absolute Gasteiger partial charge is 0.211 e. The number of hydrogen-bond acceptors (Lipinski definition) is 2. The monoisotopic (exact) mass is 176 g/mol. The normalized spacial score (nSPS) is 9.25. The van der Waals surface area contributed by atoms with Gasteiger partial charge in [-0.1, -0.05) is 0 Å². The van der Waals surface area contributed by atoms with Crippen LogP contribution in [0, 0.1) is 0 Å². The van der Waals surface area contributed by atoms with Gasteiger partial charge in [0.05, 0.1) is 13.3 Å². The summed E-state index contributed by atoms with van der Waals surface area (Å²) in [5, 5.41) is 0. The first-order valence-electron chi connectivity index (χ1n) is 2.07. The van der Waals surface area contributed by atoms with Gasteiger partial charge in [-0.15, -0.1) is 0 Å². The molecular weight excluding hydrogens is 172 g/mol. The highest BCUT2D eigenvalue weighted by Gasteiger charge is 1.91. The minimum absolute atomic E-state index is 0.664. The molecule has 4 heteroatoms. The molecule has 0 atom stereocenters. The van der Waals surface area contributed by atoms with Crippen LogP contribution >= 0.6 is 15.9 Å². The van der Waals surface area contributed by atoms with Crippen LogP contribution in [0.4, 0.5) is 0 Å². The molecule has 0 bridgehead atoms. The van der Waals surface area contributed by atoms with E-state index in [-0.39, 0.29) is 0 Å². The van der Waals surface area contributed by atoms with E-state index in [1.54, 1.807) is 13.3 Å². The topological polar surface area (TPSA) is 37.9 Å². The molecule has 0 saturated carbocycles. The molecule has 0 fully saturated rings. The Labute approximate surface area is 55.2 Å². The molecule has 3 nitrogen and oxygen atoms in total. The largest absolute Gasteiger partial charge is 0.481 e. The van der Waals surface area contributed by atoms with Gasteiger partial charge in [0.1, 0.15) is 0 Å². The van der Waals surface area contributed by atoms with E-state index < -0.39 is 0 Å². The maximum Gasteiger partial charge on any atom is 0.211 e. The average Bonchev–Trinajstić information content (AvgIpc) is 2.14. The van der Waals surface area contributed by atoms with Crippen molar-refractivity contribution >= 4 is 15.9 Å². The predicted octanol–water partition coefficient (Wildman–Crippen LogP) is 1.18. The number of methoxy groups -OCH3 is 1. The van der Waals surface area contributed by atoms with Gasteiger partial charge in [-0.25, -0.2) is 4.98 Å². The van der Waals surface area contributed by atoms with Crippen LogP contribution in [0.25, 0.3) is 0 Å². The number of imidazole rings is 1. The number of aromatic nitrogens is 2. The Kier molecular flexibility index (Phi) is 1.53. The van der Waals surface area contributed by atoms with Gasteiger partial charge in [-0.2, -0.15) is 0 Å². The third kappa shape index (κ3) is 1.01. The van der Waals surface area contributed by atoms with E-state index in [2.05, 4.69) is 25.9 Å². The van der Waals surface area contributed by atoms with E-state index in [4.69, 9.17) is 4.74 Å². The van der Waals surface area contributed by atoms with Crippen LogP contribution in [0.5, 0.6) is 5.88 Å². The maximum absolute atomic E-state index is 4.79. The first-order valence-corrected chi connectivity index (χ1v) is 2.86. The quantitative estimate of drug-likeness (QED) is 0.699. The highest BCUT2D eigenvalue weighted by Crippen LogP contribution is 2.08. The Morgan fingerprint density at radius 3 is 2.88 bits per heavy atom. The highest BCUT2D eigenvalue weighted by molar-refractivity contribution is 9.10. The lowest BCUT2D eigenvalue weighted by molar-refractivity contribution is 0.399. The number of aromatic amines is 1. The molecule has 0 amide bonds. The molecule has 0 saturated heterocycles. The second-order valence-corrected chi connectivity index (χ2v) is 1.99. The second-order valence-electron chi connectivity index (χ2n) is 1.24. The second kappa shape index (κ2) is 2.17. The van der Waals surface area contributed by atoms with Crippen molar-refractivity contribution in [3.63, 3.8) is 0 Å². The van der Waals surface area contributed by atoms with Gasteiger partial charge >= 0.3 is 0 Å². The van der Waals surface area contributed by atoms with Crippen LogP contribution in [0.1, 0.15) is 0 Å². The Balaban J connectivity index is 2.84. The molecule has 44 valence electrons. The van der Waals surface area contributed by atoms with E-state index in [9.17, 15) is 0 Å². The molecular formula is C4H5BrN2O. The highest BCUT2D eigenvalue weighted by atomic mass is 79.9. The van der Waals surface area contributed by atoms with Crippen LogP contribution in [-0.2, 0) is 0 Å². The number of ether oxygens (including phenoxy) is 1. The fraction of sp³-hybridized carbons (Fsp3) is 0.250. The zero-order valence-electron chi connectivity index (χ0n) is 4.31. The van der Waals surface area contributed by atoms with Crippen molar-refractivity contribution in [3.8, 4) is 5.88 Å². The summed E-state index contributed by atoms with van der Waals surface area (Å²) in [4.78, 5) is 6.63. The van der Waals surface area contributed by atoms with Crippen LogP contribution in [-0.4, -0.2) is 17.1 Å². The molecule has 1 heterocycles. The summed E-state index contributed by atoms with van der Waals surface area (Å²) < 4.78 is 5.48. The lowest BCUT2D eigenvalue weighted by Crippen LogP contribution is -1.79. The van der Waals surface area contributed by atoms with E-state index in [0.29, 0.717) is 10.6 Å². The lowest BCUT2D eigenvalue weighted by Gasteiger charge is -1.87. The van der Waals surface area contributed by atoms with E-state index in [1.165, 1.54) is 0 Å². The third-order valence-electron chi connectivity index (χ3n) is 0.741. The summed E-state index contributed by atoms with van der Waals surface area (Å²) >= 11 is 3.13. The SMILES string of the molecule is COc1cnc(Br)[nH]1. The fourth-order valence-corrected chi connectivity index (χ4v) is 0.683. The molecule has 1 aromatic rings. The molecule has 8 heavy (non-hydrogen) atoms. The van der Waals surface area contributed by atoms with Crippen molar-refractivity contribution < 1.29 is 4.74 Å². The van der Waals surface area contributed by atoms with Crippen LogP contribution in [0.2, 0.25) is 0 Å². The van der Waals surface area contributed by atoms with Gasteiger partial charge in [0, 0.05) is 0 Å². The Hall–Kier alpha value is -0.510. The summed E-state index contributed by atoms with van der Waals surface area (Å²) in [6, 6.07) is 0. The number of halogens is 1. The fourth-order valence-electron chi connectivity index (χ4n) is 0.385. The predicted molar refractivity (Wildman–Crippen MR) is 32.8 cm³/mol. The van der Waals surface area contributed by atoms with Crippen LogP contribution in [0.3, 0.4) is 0 Å². The Bertz CT molecular complexity index is 174. The summed E-state index contributed by atoms with van der Waals surface area (Å²) in [6.45, 7) is 0. The molecule has 1 N–H and O–H groups in total. The molecule has 0 aliphatic heterocycles. The summed E-state index contributed by atoms with van der Waals surface area (Å²) in [7, 11) is 1.58. The van der Waals surface area contributed by atoms with Gasteiger partial charge < -0.3 is 9.72 Å². The molecule has 1 rings (SSSR count). The molecule has 0 spiro atoms. The molecule has 0 radical (unpaired) electrons. The van der Waals surface area contributed by atoms with Crippen molar-refractivity contribution in [2.45, 2.75) is 0 Å². The van der Waals surface area contributed by atoms with Gasteiger partial charge in [0.2, 0.25) is 5.88 Å². The van der Waals surface area contributed by atoms with E-state index >= 15 is 0 Å². The first kappa shape index (κ1) is 5.62. The number of nitrogens with one attached hydrogen (secondary N) is 1. The van der Waals surface area contributed by atoms with Gasteiger partial charge in [-0.05, 0) is 15.9 Å². The van der Waals surface area contributed by atoms with Gasteiger partial charge in [0.15, 0.2) is 4.73 Å². The van der Waals surface area contributed by atoms with Crippen molar-refractivity contribution in [3.05, 3.63) is 10.9 Å². The zero-order valence-corrected chi connectivity index (χ0v) is 5.90. The molecule has 0 aliphatic carbocycles. The maximum atomic E-state index is 4.79. The summed E-state index contributed by atoms with van der Waals surface area (Å²) in [5.41, 5.74) is 0. The average molecular weight is 177 g/mol. The van der Waals surface area contributed by atoms with Gasteiger partial charge in [-0.3, -0.25) is 0 Å².